The smallest absolute Gasteiger partial charge is 0.331 e. The van der Waals surface area contributed by atoms with Gasteiger partial charge >= 0.3 is 5.97 Å². The molecule has 2 unspecified atom stereocenters. The molecule has 0 aliphatic carbocycles. The van der Waals surface area contributed by atoms with Gasteiger partial charge in [-0.25, -0.2) is 4.79 Å². The summed E-state index contributed by atoms with van der Waals surface area (Å²) >= 11 is 0. The van der Waals surface area contributed by atoms with Crippen molar-refractivity contribution < 1.29 is 19.4 Å². The highest BCUT2D eigenvalue weighted by Gasteiger charge is 2.26. The first-order chi connectivity index (χ1) is 13.0. The molecule has 2 aromatic rings. The van der Waals surface area contributed by atoms with Crippen molar-refractivity contribution in [2.75, 3.05) is 7.11 Å². The largest absolute Gasteiger partial charge is 0.467 e. The number of amides is 1. The van der Waals surface area contributed by atoms with E-state index in [1.165, 1.54) is 14.0 Å². The minimum atomic E-state index is -1.13. The van der Waals surface area contributed by atoms with Crippen LogP contribution in [0.4, 0.5) is 0 Å². The first-order valence-corrected chi connectivity index (χ1v) is 8.25. The van der Waals surface area contributed by atoms with Gasteiger partial charge in [0.2, 0.25) is 0 Å². The second kappa shape index (κ2) is 9.82. The zero-order valence-corrected chi connectivity index (χ0v) is 15.0. The second-order valence-electron chi connectivity index (χ2n) is 5.66. The number of rotatable bonds is 4. The quantitative estimate of drug-likeness (QED) is 0.643. The van der Waals surface area contributed by atoms with Crippen molar-refractivity contribution in [2.45, 2.75) is 19.1 Å². The van der Waals surface area contributed by atoms with Crippen molar-refractivity contribution in [3.63, 3.8) is 0 Å². The summed E-state index contributed by atoms with van der Waals surface area (Å²) in [5.74, 6) is 10.2. The average molecular weight is 361 g/mol. The summed E-state index contributed by atoms with van der Waals surface area (Å²) in [5.41, 5.74) is 1.93. The Bertz CT molecular complexity index is 910. The molecule has 5 heteroatoms. The molecule has 0 radical (unpaired) electrons. The summed E-state index contributed by atoms with van der Waals surface area (Å²) in [5, 5.41) is 12.1. The van der Waals surface area contributed by atoms with Crippen LogP contribution >= 0.6 is 0 Å². The molecule has 1 amide bonds. The van der Waals surface area contributed by atoms with Crippen LogP contribution in [-0.2, 0) is 9.53 Å². The number of carbonyl (C=O) groups is 2. The van der Waals surface area contributed by atoms with Crippen molar-refractivity contribution in [3.8, 4) is 23.7 Å². The van der Waals surface area contributed by atoms with Gasteiger partial charge in [-0.1, -0.05) is 30.0 Å². The Morgan fingerprint density at radius 2 is 1.52 bits per heavy atom. The number of nitrogens with one attached hydrogen (secondary N) is 1. The van der Waals surface area contributed by atoms with Crippen LogP contribution in [0.25, 0.3) is 0 Å². The van der Waals surface area contributed by atoms with Gasteiger partial charge in [0.25, 0.3) is 5.91 Å². The number of hydrogen-bond donors (Lipinski definition) is 2. The number of ether oxygens (including phenoxy) is 1. The molecular formula is C22H19NO4. The third-order valence-corrected chi connectivity index (χ3v) is 3.62. The molecule has 0 heterocycles. The number of methoxy groups -OCH3 is 1. The monoisotopic (exact) mass is 361 g/mol. The third kappa shape index (κ3) is 6.04. The van der Waals surface area contributed by atoms with Gasteiger partial charge in [-0.15, -0.1) is 0 Å². The molecule has 5 nitrogen and oxygen atoms in total. The molecule has 136 valence electrons. The number of aliphatic hydroxyl groups excluding tert-OH is 1. The lowest BCUT2D eigenvalue weighted by atomic mass is 10.1. The van der Waals surface area contributed by atoms with E-state index in [0.717, 1.165) is 5.56 Å². The lowest BCUT2D eigenvalue weighted by Gasteiger charge is -2.18. The first kappa shape index (κ1) is 19.8. The summed E-state index contributed by atoms with van der Waals surface area (Å²) in [4.78, 5) is 23.8. The Morgan fingerprint density at radius 1 is 0.963 bits per heavy atom. The SMILES string of the molecule is COC(=O)C(NC(=O)c1ccc(C#CC#Cc2ccccc2)cc1)C(C)O. The number of benzene rings is 2. The van der Waals surface area contributed by atoms with E-state index in [1.54, 1.807) is 24.3 Å². The average Bonchev–Trinajstić information content (AvgIpc) is 2.69. The number of carbonyl (C=O) groups excluding carboxylic acids is 2. The fourth-order valence-electron chi connectivity index (χ4n) is 2.16. The van der Waals surface area contributed by atoms with E-state index in [4.69, 9.17) is 0 Å². The molecule has 2 aromatic carbocycles. The fraction of sp³-hybridized carbons (Fsp3) is 0.182. The van der Waals surface area contributed by atoms with E-state index in [-0.39, 0.29) is 0 Å². The molecular weight excluding hydrogens is 342 g/mol. The van der Waals surface area contributed by atoms with Crippen LogP contribution in [-0.4, -0.2) is 36.2 Å². The van der Waals surface area contributed by atoms with Crippen LogP contribution in [0.1, 0.15) is 28.4 Å². The molecule has 2 N–H and O–H groups in total. The molecule has 0 aliphatic heterocycles. The topological polar surface area (TPSA) is 75.6 Å². The molecule has 2 rings (SSSR count). The molecule has 0 spiro atoms. The predicted octanol–water partition coefficient (Wildman–Crippen LogP) is 1.74. The molecule has 0 aromatic heterocycles. The Morgan fingerprint density at radius 3 is 2.04 bits per heavy atom. The minimum absolute atomic E-state index is 0.338. The molecule has 0 fully saturated rings. The van der Waals surface area contributed by atoms with E-state index >= 15 is 0 Å². The van der Waals surface area contributed by atoms with Crippen molar-refractivity contribution >= 4 is 11.9 Å². The van der Waals surface area contributed by atoms with Crippen LogP contribution in [0.5, 0.6) is 0 Å². The molecule has 2 atom stereocenters. The van der Waals surface area contributed by atoms with Crippen LogP contribution in [0, 0.1) is 23.7 Å². The summed E-state index contributed by atoms with van der Waals surface area (Å²) in [6, 6.07) is 14.9. The van der Waals surface area contributed by atoms with Gasteiger partial charge in [-0.3, -0.25) is 4.79 Å². The highest BCUT2D eigenvalue weighted by molar-refractivity contribution is 5.97. The molecule has 27 heavy (non-hydrogen) atoms. The van der Waals surface area contributed by atoms with Crippen molar-refractivity contribution in [1.29, 1.82) is 0 Å². The van der Waals surface area contributed by atoms with Crippen LogP contribution in [0.2, 0.25) is 0 Å². The number of aliphatic hydroxyl groups is 1. The Labute approximate surface area is 158 Å². The minimum Gasteiger partial charge on any atom is -0.467 e. The van der Waals surface area contributed by atoms with Crippen LogP contribution in [0.15, 0.2) is 54.6 Å². The summed E-state index contributed by atoms with van der Waals surface area (Å²) < 4.78 is 4.57. The zero-order valence-electron chi connectivity index (χ0n) is 15.0. The highest BCUT2D eigenvalue weighted by atomic mass is 16.5. The maximum Gasteiger partial charge on any atom is 0.331 e. The number of esters is 1. The van der Waals surface area contributed by atoms with E-state index in [0.29, 0.717) is 11.1 Å². The lowest BCUT2D eigenvalue weighted by Crippen LogP contribution is -2.48. The summed E-state index contributed by atoms with van der Waals surface area (Å²) in [7, 11) is 1.19. The second-order valence-corrected chi connectivity index (χ2v) is 5.66. The van der Waals surface area contributed by atoms with Gasteiger partial charge in [-0.05, 0) is 55.2 Å². The van der Waals surface area contributed by atoms with E-state index in [1.807, 2.05) is 30.3 Å². The standard InChI is InChI=1S/C22H19NO4/c1-16(24)20(22(26)27-2)23-21(25)19-14-12-18(13-15-19)11-7-6-10-17-8-4-3-5-9-17/h3-5,8-9,12-16,20,24H,1-2H3,(H,23,25). The zero-order chi connectivity index (χ0) is 19.6. The van der Waals surface area contributed by atoms with Gasteiger partial charge in [-0.2, -0.15) is 0 Å². The maximum absolute atomic E-state index is 12.2. The van der Waals surface area contributed by atoms with Crippen molar-refractivity contribution in [2.24, 2.45) is 0 Å². The van der Waals surface area contributed by atoms with Gasteiger partial charge in [0, 0.05) is 16.7 Å². The van der Waals surface area contributed by atoms with Crippen LogP contribution in [0.3, 0.4) is 0 Å². The van der Waals surface area contributed by atoms with Gasteiger partial charge in [0.1, 0.15) is 0 Å². The van der Waals surface area contributed by atoms with E-state index in [9.17, 15) is 14.7 Å². The van der Waals surface area contributed by atoms with Crippen LogP contribution < -0.4 is 5.32 Å². The Balaban J connectivity index is 2.03. The molecule has 0 bridgehead atoms. The van der Waals surface area contributed by atoms with Gasteiger partial charge in [0.15, 0.2) is 6.04 Å². The maximum atomic E-state index is 12.2. The normalized spacial score (nSPS) is 11.7. The van der Waals surface area contributed by atoms with E-state index in [2.05, 4.69) is 33.7 Å². The lowest BCUT2D eigenvalue weighted by molar-refractivity contribution is -0.145. The van der Waals surface area contributed by atoms with E-state index < -0.39 is 24.0 Å². The van der Waals surface area contributed by atoms with Gasteiger partial charge in [0.05, 0.1) is 13.2 Å². The molecule has 0 saturated carbocycles. The Hall–Kier alpha value is -3.54. The fourth-order valence-corrected chi connectivity index (χ4v) is 2.16. The Kier molecular flexibility index (Phi) is 7.19. The third-order valence-electron chi connectivity index (χ3n) is 3.62. The number of hydrogen-bond acceptors (Lipinski definition) is 4. The molecule has 0 aliphatic rings. The first-order valence-electron chi connectivity index (χ1n) is 8.25. The summed E-state index contributed by atoms with van der Waals surface area (Å²) in [6.45, 7) is 1.40. The summed E-state index contributed by atoms with van der Waals surface area (Å²) in [6.07, 6.45) is -1.07. The van der Waals surface area contributed by atoms with Gasteiger partial charge < -0.3 is 15.2 Å². The molecule has 0 saturated heterocycles. The van der Waals surface area contributed by atoms with Crippen molar-refractivity contribution in [3.05, 3.63) is 71.3 Å². The van der Waals surface area contributed by atoms with Crippen molar-refractivity contribution in [1.82, 2.24) is 5.32 Å². The predicted molar refractivity (Wildman–Crippen MR) is 102 cm³/mol. The highest BCUT2D eigenvalue weighted by Crippen LogP contribution is 2.05.